The molecule has 6 nitrogen and oxygen atoms in total. The minimum Gasteiger partial charge on any atom is -0.379 e. The van der Waals surface area contributed by atoms with Crippen molar-refractivity contribution in [3.8, 4) is 0 Å². The second-order valence-electron chi connectivity index (χ2n) is 3.82. The third kappa shape index (κ3) is 15.3. The fourth-order valence-corrected chi connectivity index (χ4v) is 1.21. The summed E-state index contributed by atoms with van der Waals surface area (Å²) >= 11 is 0. The highest BCUT2D eigenvalue weighted by molar-refractivity contribution is 5.77. The molecule has 0 saturated heterocycles. The molecule has 0 aromatic rings. The van der Waals surface area contributed by atoms with Gasteiger partial charge in [-0.05, 0) is 13.3 Å². The van der Waals surface area contributed by atoms with Crippen LogP contribution in [0.1, 0.15) is 20.3 Å². The summed E-state index contributed by atoms with van der Waals surface area (Å²) in [6.07, 6.45) is 0.990. The van der Waals surface area contributed by atoms with Crippen molar-refractivity contribution < 1.29 is 23.7 Å². The quantitative estimate of drug-likeness (QED) is 0.471. The number of rotatable bonds is 14. The normalized spacial score (nSPS) is 10.6. The summed E-state index contributed by atoms with van der Waals surface area (Å²) in [5.74, 6) is -0.135. The summed E-state index contributed by atoms with van der Waals surface area (Å²) in [6, 6.07) is 0. The zero-order valence-electron chi connectivity index (χ0n) is 12.1. The maximum absolute atomic E-state index is 11.3. The van der Waals surface area contributed by atoms with Crippen LogP contribution in [0.4, 0.5) is 0 Å². The smallest absolute Gasteiger partial charge is 0.246 e. The van der Waals surface area contributed by atoms with Crippen molar-refractivity contribution in [1.82, 2.24) is 5.32 Å². The van der Waals surface area contributed by atoms with Crippen LogP contribution in [0, 0.1) is 0 Å². The van der Waals surface area contributed by atoms with Crippen LogP contribution in [0.15, 0.2) is 0 Å². The Morgan fingerprint density at radius 2 is 1.47 bits per heavy atom. The molecule has 0 spiro atoms. The average Bonchev–Trinajstić information content (AvgIpc) is 2.41. The van der Waals surface area contributed by atoms with Crippen LogP contribution in [-0.2, 0) is 23.7 Å². The fraction of sp³-hybridized carbons (Fsp3) is 0.923. The highest BCUT2D eigenvalue weighted by atomic mass is 16.5. The summed E-state index contributed by atoms with van der Waals surface area (Å²) in [7, 11) is 0. The van der Waals surface area contributed by atoms with Crippen molar-refractivity contribution in [1.29, 1.82) is 0 Å². The molecule has 19 heavy (non-hydrogen) atoms. The highest BCUT2D eigenvalue weighted by Gasteiger charge is 2.00. The first kappa shape index (κ1) is 18.3. The van der Waals surface area contributed by atoms with E-state index in [4.69, 9.17) is 18.9 Å². The number of carbonyl (C=O) groups is 1. The molecular formula is C13H27NO5. The second-order valence-corrected chi connectivity index (χ2v) is 3.82. The Bertz CT molecular complexity index is 201. The Kier molecular flexibility index (Phi) is 14.8. The van der Waals surface area contributed by atoms with E-state index < -0.39 is 0 Å². The summed E-state index contributed by atoms with van der Waals surface area (Å²) in [5, 5.41) is 2.71. The molecule has 0 aliphatic rings. The van der Waals surface area contributed by atoms with Gasteiger partial charge in [0.15, 0.2) is 0 Å². The third-order valence-electron chi connectivity index (χ3n) is 2.10. The van der Waals surface area contributed by atoms with E-state index in [-0.39, 0.29) is 12.5 Å². The minimum atomic E-state index is -0.135. The van der Waals surface area contributed by atoms with E-state index in [9.17, 15) is 4.79 Å². The molecule has 0 heterocycles. The Morgan fingerprint density at radius 3 is 2.16 bits per heavy atom. The summed E-state index contributed by atoms with van der Waals surface area (Å²) in [6.45, 7) is 8.56. The van der Waals surface area contributed by atoms with Gasteiger partial charge in [0.2, 0.25) is 5.91 Å². The number of amides is 1. The van der Waals surface area contributed by atoms with Crippen molar-refractivity contribution in [3.05, 3.63) is 0 Å². The average molecular weight is 277 g/mol. The molecule has 0 aliphatic heterocycles. The van der Waals surface area contributed by atoms with Gasteiger partial charge in [0, 0.05) is 19.8 Å². The first-order chi connectivity index (χ1) is 9.31. The molecular weight excluding hydrogens is 250 g/mol. The Hall–Kier alpha value is -0.690. The lowest BCUT2D eigenvalue weighted by Gasteiger charge is -2.07. The third-order valence-corrected chi connectivity index (χ3v) is 2.10. The van der Waals surface area contributed by atoms with Gasteiger partial charge in [-0.1, -0.05) is 6.92 Å². The first-order valence-electron chi connectivity index (χ1n) is 6.88. The fourth-order valence-electron chi connectivity index (χ4n) is 1.21. The highest BCUT2D eigenvalue weighted by Crippen LogP contribution is 1.82. The lowest BCUT2D eigenvalue weighted by Crippen LogP contribution is -2.31. The van der Waals surface area contributed by atoms with E-state index in [2.05, 4.69) is 5.32 Å². The molecule has 0 saturated carbocycles. The SMILES string of the molecule is CCCOCCOCC(=O)NCCOCCOCC. The lowest BCUT2D eigenvalue weighted by atomic mass is 10.5. The van der Waals surface area contributed by atoms with E-state index >= 15 is 0 Å². The van der Waals surface area contributed by atoms with Gasteiger partial charge < -0.3 is 24.3 Å². The van der Waals surface area contributed by atoms with Crippen LogP contribution in [0.3, 0.4) is 0 Å². The van der Waals surface area contributed by atoms with Gasteiger partial charge in [-0.2, -0.15) is 0 Å². The Morgan fingerprint density at radius 1 is 0.842 bits per heavy atom. The summed E-state index contributed by atoms with van der Waals surface area (Å²) in [5.41, 5.74) is 0. The molecule has 0 aliphatic carbocycles. The topological polar surface area (TPSA) is 66.0 Å². The van der Waals surface area contributed by atoms with E-state index in [0.717, 1.165) is 13.0 Å². The van der Waals surface area contributed by atoms with Crippen LogP contribution in [-0.4, -0.2) is 65.3 Å². The predicted molar refractivity (Wildman–Crippen MR) is 72.3 cm³/mol. The maximum atomic E-state index is 11.3. The molecule has 114 valence electrons. The van der Waals surface area contributed by atoms with Crippen LogP contribution >= 0.6 is 0 Å². The standard InChI is InChI=1S/C13H27NO5/c1-3-6-17-10-11-19-12-13(15)14-5-7-18-9-8-16-4-2/h3-12H2,1-2H3,(H,14,15). The van der Waals surface area contributed by atoms with Gasteiger partial charge in [0.05, 0.1) is 33.0 Å². The second kappa shape index (κ2) is 15.4. The number of ether oxygens (including phenoxy) is 4. The van der Waals surface area contributed by atoms with Gasteiger partial charge in [0.1, 0.15) is 6.61 Å². The van der Waals surface area contributed by atoms with Crippen molar-refractivity contribution in [2.75, 3.05) is 59.4 Å². The molecule has 0 rings (SSSR count). The van der Waals surface area contributed by atoms with E-state index in [1.54, 1.807) is 0 Å². The molecule has 1 N–H and O–H groups in total. The summed E-state index contributed by atoms with van der Waals surface area (Å²) < 4.78 is 20.7. The largest absolute Gasteiger partial charge is 0.379 e. The lowest BCUT2D eigenvalue weighted by molar-refractivity contribution is -0.126. The van der Waals surface area contributed by atoms with Gasteiger partial charge >= 0.3 is 0 Å². The molecule has 0 unspecified atom stereocenters. The number of carbonyl (C=O) groups excluding carboxylic acids is 1. The first-order valence-corrected chi connectivity index (χ1v) is 6.88. The molecule has 6 heteroatoms. The van der Waals surface area contributed by atoms with Gasteiger partial charge in [0.25, 0.3) is 0 Å². The minimum absolute atomic E-state index is 0.0639. The summed E-state index contributed by atoms with van der Waals surface area (Å²) in [4.78, 5) is 11.3. The van der Waals surface area contributed by atoms with E-state index in [1.165, 1.54) is 0 Å². The van der Waals surface area contributed by atoms with Crippen LogP contribution in [0.5, 0.6) is 0 Å². The zero-order chi connectivity index (χ0) is 14.2. The number of nitrogens with one attached hydrogen (secondary N) is 1. The molecule has 0 aromatic carbocycles. The van der Waals surface area contributed by atoms with Gasteiger partial charge in [-0.3, -0.25) is 4.79 Å². The monoisotopic (exact) mass is 277 g/mol. The van der Waals surface area contributed by atoms with Crippen LogP contribution in [0.25, 0.3) is 0 Å². The van der Waals surface area contributed by atoms with Crippen molar-refractivity contribution >= 4 is 5.91 Å². The maximum Gasteiger partial charge on any atom is 0.246 e. The molecule has 1 amide bonds. The molecule has 0 atom stereocenters. The van der Waals surface area contributed by atoms with Crippen molar-refractivity contribution in [3.63, 3.8) is 0 Å². The predicted octanol–water partition coefficient (Wildman–Crippen LogP) is 0.599. The zero-order valence-corrected chi connectivity index (χ0v) is 12.1. The van der Waals surface area contributed by atoms with Crippen molar-refractivity contribution in [2.45, 2.75) is 20.3 Å². The molecule has 0 bridgehead atoms. The Balaban J connectivity index is 3.13. The van der Waals surface area contributed by atoms with E-state index in [1.807, 2.05) is 13.8 Å². The Labute approximate surface area is 115 Å². The van der Waals surface area contributed by atoms with Crippen molar-refractivity contribution in [2.24, 2.45) is 0 Å². The van der Waals surface area contributed by atoms with Crippen LogP contribution in [0.2, 0.25) is 0 Å². The van der Waals surface area contributed by atoms with Gasteiger partial charge in [-0.15, -0.1) is 0 Å². The number of hydrogen-bond acceptors (Lipinski definition) is 5. The number of hydrogen-bond donors (Lipinski definition) is 1. The van der Waals surface area contributed by atoms with E-state index in [0.29, 0.717) is 46.2 Å². The molecule has 0 fully saturated rings. The molecule has 0 radical (unpaired) electrons. The van der Waals surface area contributed by atoms with Crippen LogP contribution < -0.4 is 5.32 Å². The molecule has 0 aromatic heterocycles. The van der Waals surface area contributed by atoms with Gasteiger partial charge in [-0.25, -0.2) is 0 Å².